The van der Waals surface area contributed by atoms with Gasteiger partial charge in [-0.15, -0.1) is 12.6 Å². The van der Waals surface area contributed by atoms with Gasteiger partial charge in [-0.1, -0.05) is 0 Å². The molecule has 1 aliphatic rings. The van der Waals surface area contributed by atoms with Crippen LogP contribution in [0.25, 0.3) is 0 Å². The fraction of sp³-hybridized carbons (Fsp3) is 0.333. The van der Waals surface area contributed by atoms with E-state index in [0.29, 0.717) is 0 Å². The number of rotatable bonds is 0. The third kappa shape index (κ3) is 0.764. The van der Waals surface area contributed by atoms with Crippen molar-refractivity contribution in [3.05, 3.63) is 0 Å². The van der Waals surface area contributed by atoms with Crippen LogP contribution in [0.5, 0.6) is 0 Å². The summed E-state index contributed by atoms with van der Waals surface area (Å²) < 4.78 is 0. The van der Waals surface area contributed by atoms with E-state index in [1.54, 1.807) is 0 Å². The first-order valence-electron chi connectivity index (χ1n) is 1.99. The van der Waals surface area contributed by atoms with Gasteiger partial charge in [0, 0.05) is 0 Å². The first-order valence-corrected chi connectivity index (χ1v) is 2.51. The van der Waals surface area contributed by atoms with Gasteiger partial charge in [0.25, 0.3) is 0 Å². The van der Waals surface area contributed by atoms with Crippen LogP contribution in [0, 0.1) is 0 Å². The number of thiol groups is 1. The maximum atomic E-state index is 10.2. The molecule has 1 aliphatic heterocycles. The fourth-order valence-electron chi connectivity index (χ4n) is 0.416. The third-order valence-corrected chi connectivity index (χ3v) is 1.00. The van der Waals surface area contributed by atoms with Crippen LogP contribution in [0.15, 0.2) is 0 Å². The molecule has 0 bridgehead atoms. The van der Waals surface area contributed by atoms with Crippen LogP contribution in [-0.2, 0) is 9.59 Å². The van der Waals surface area contributed by atoms with E-state index in [-0.39, 0.29) is 0 Å². The number of carbonyl (C=O) groups excluding carboxylic acids is 2. The molecule has 0 radical (unpaired) electrons. The number of amides is 2. The summed E-state index contributed by atoms with van der Waals surface area (Å²) in [6, 6.07) is 0. The normalized spacial score (nSPS) is 20.6. The highest BCUT2D eigenvalue weighted by Crippen LogP contribution is 1.90. The Balaban J connectivity index is 2.64. The van der Waals surface area contributed by atoms with E-state index in [4.69, 9.17) is 0 Å². The molecule has 2 N–H and O–H groups in total. The van der Waals surface area contributed by atoms with Gasteiger partial charge in [-0.05, 0) is 0 Å². The van der Waals surface area contributed by atoms with Crippen molar-refractivity contribution in [2.24, 2.45) is 0 Å². The quantitative estimate of drug-likeness (QED) is 0.276. The Morgan fingerprint density at radius 1 is 1.25 bits per heavy atom. The fourth-order valence-corrected chi connectivity index (χ4v) is 0.650. The third-order valence-electron chi connectivity index (χ3n) is 0.742. The summed E-state index contributed by atoms with van der Waals surface area (Å²) in [5.41, 5.74) is -0.505. The van der Waals surface area contributed by atoms with Gasteiger partial charge in [-0.2, -0.15) is 0 Å². The van der Waals surface area contributed by atoms with Crippen molar-refractivity contribution in [2.75, 3.05) is 0 Å². The van der Waals surface area contributed by atoms with Crippen molar-refractivity contribution >= 4 is 24.4 Å². The van der Waals surface area contributed by atoms with Crippen LogP contribution in [-0.4, -0.2) is 17.3 Å². The monoisotopic (exact) mass is 132 g/mol. The van der Waals surface area contributed by atoms with Gasteiger partial charge in [0.2, 0.25) is 0 Å². The van der Waals surface area contributed by atoms with Crippen LogP contribution in [0.3, 0.4) is 0 Å². The molecule has 5 heteroatoms. The van der Waals surface area contributed by atoms with Gasteiger partial charge in [-0.25, -0.2) is 0 Å². The lowest BCUT2D eigenvalue weighted by Gasteiger charge is -1.95. The lowest BCUT2D eigenvalue weighted by Crippen LogP contribution is -2.25. The molecule has 2 amide bonds. The number of hydrogen-bond donors (Lipinski definition) is 3. The molecule has 1 fully saturated rings. The van der Waals surface area contributed by atoms with Gasteiger partial charge in [-0.3, -0.25) is 9.59 Å². The van der Waals surface area contributed by atoms with Gasteiger partial charge < -0.3 is 10.6 Å². The zero-order valence-electron chi connectivity index (χ0n) is 3.84. The predicted octanol–water partition coefficient (Wildman–Crippen LogP) is -1.55. The molecule has 44 valence electrons. The summed E-state index contributed by atoms with van der Waals surface area (Å²) in [6.45, 7) is 0. The maximum Gasteiger partial charge on any atom is 0.311 e. The Morgan fingerprint density at radius 2 is 1.62 bits per heavy atom. The summed E-state index contributed by atoms with van der Waals surface area (Å²) in [5, 5.41) is 4.46. The second kappa shape index (κ2) is 1.66. The van der Waals surface area contributed by atoms with Crippen LogP contribution < -0.4 is 10.6 Å². The van der Waals surface area contributed by atoms with E-state index in [2.05, 4.69) is 23.3 Å². The first kappa shape index (κ1) is 5.43. The average Bonchev–Trinajstić information content (AvgIpc) is 1.85. The van der Waals surface area contributed by atoms with Crippen LogP contribution >= 0.6 is 12.6 Å². The van der Waals surface area contributed by atoms with Crippen LogP contribution in [0.1, 0.15) is 0 Å². The lowest BCUT2D eigenvalue weighted by molar-refractivity contribution is -0.135. The average molecular weight is 132 g/mol. The minimum atomic E-state index is -0.620. The standard InChI is InChI=1S/C3H4N2O2S/c6-1-2(7)5-3(8)4-1/h3,8H,(H,4,6)(H,5,7). The van der Waals surface area contributed by atoms with Gasteiger partial charge in [0.1, 0.15) is 5.50 Å². The molecule has 4 nitrogen and oxygen atoms in total. The first-order chi connectivity index (χ1) is 3.70. The van der Waals surface area contributed by atoms with Crippen LogP contribution in [0.4, 0.5) is 0 Å². The summed E-state index contributed by atoms with van der Waals surface area (Å²) >= 11 is 3.75. The van der Waals surface area contributed by atoms with E-state index in [0.717, 1.165) is 0 Å². The molecule has 1 saturated heterocycles. The van der Waals surface area contributed by atoms with E-state index < -0.39 is 17.3 Å². The largest absolute Gasteiger partial charge is 0.319 e. The van der Waals surface area contributed by atoms with E-state index >= 15 is 0 Å². The van der Waals surface area contributed by atoms with E-state index in [1.807, 2.05) is 0 Å². The summed E-state index contributed by atoms with van der Waals surface area (Å²) in [6.07, 6.45) is 0. The van der Waals surface area contributed by atoms with E-state index in [1.165, 1.54) is 0 Å². The van der Waals surface area contributed by atoms with Crippen LogP contribution in [0.2, 0.25) is 0 Å². The number of nitrogens with one attached hydrogen (secondary N) is 2. The highest BCUT2D eigenvalue weighted by atomic mass is 32.1. The zero-order chi connectivity index (χ0) is 6.15. The van der Waals surface area contributed by atoms with Gasteiger partial charge in [0.15, 0.2) is 0 Å². The molecule has 0 aromatic rings. The minimum absolute atomic E-state index is 0.505. The molecule has 1 heterocycles. The second-order valence-electron chi connectivity index (χ2n) is 1.35. The Hall–Kier alpha value is -0.710. The molecule has 1 rings (SSSR count). The molecule has 0 aromatic carbocycles. The number of hydrogen-bond acceptors (Lipinski definition) is 3. The molecule has 8 heavy (non-hydrogen) atoms. The summed E-state index contributed by atoms with van der Waals surface area (Å²) in [7, 11) is 0. The molecule has 0 spiro atoms. The Labute approximate surface area is 51.0 Å². The van der Waals surface area contributed by atoms with E-state index in [9.17, 15) is 9.59 Å². The summed E-state index contributed by atoms with van der Waals surface area (Å²) in [4.78, 5) is 20.4. The molecule has 0 aliphatic carbocycles. The molecule has 0 aromatic heterocycles. The smallest absolute Gasteiger partial charge is 0.311 e. The highest BCUT2D eigenvalue weighted by molar-refractivity contribution is 7.81. The Kier molecular flexibility index (Phi) is 1.13. The SMILES string of the molecule is O=C1NC(S)NC1=O. The molecule has 0 unspecified atom stereocenters. The van der Waals surface area contributed by atoms with Crippen molar-refractivity contribution in [3.8, 4) is 0 Å². The Bertz CT molecular complexity index is 130. The van der Waals surface area contributed by atoms with Crippen molar-refractivity contribution in [2.45, 2.75) is 5.50 Å². The number of carbonyl (C=O) groups is 2. The van der Waals surface area contributed by atoms with Crippen molar-refractivity contribution in [3.63, 3.8) is 0 Å². The molecule has 0 saturated carbocycles. The van der Waals surface area contributed by atoms with Gasteiger partial charge in [0.05, 0.1) is 0 Å². The van der Waals surface area contributed by atoms with Crippen molar-refractivity contribution in [1.82, 2.24) is 10.6 Å². The highest BCUT2D eigenvalue weighted by Gasteiger charge is 2.25. The predicted molar refractivity (Wildman–Crippen MR) is 29.1 cm³/mol. The van der Waals surface area contributed by atoms with Gasteiger partial charge >= 0.3 is 11.8 Å². The van der Waals surface area contributed by atoms with Crippen molar-refractivity contribution in [1.29, 1.82) is 0 Å². The topological polar surface area (TPSA) is 58.2 Å². The second-order valence-corrected chi connectivity index (χ2v) is 1.87. The minimum Gasteiger partial charge on any atom is -0.319 e. The Morgan fingerprint density at radius 3 is 1.75 bits per heavy atom. The zero-order valence-corrected chi connectivity index (χ0v) is 4.74. The summed E-state index contributed by atoms with van der Waals surface area (Å²) in [5.74, 6) is -1.24. The lowest BCUT2D eigenvalue weighted by atomic mass is 10.6. The maximum absolute atomic E-state index is 10.2. The molecular formula is C3H4N2O2S. The molecule has 0 atom stereocenters. The van der Waals surface area contributed by atoms with Crippen molar-refractivity contribution < 1.29 is 9.59 Å². The molecular weight excluding hydrogens is 128 g/mol.